The highest BCUT2D eigenvalue weighted by Crippen LogP contribution is 2.30. The van der Waals surface area contributed by atoms with Gasteiger partial charge in [0.25, 0.3) is 0 Å². The van der Waals surface area contributed by atoms with Crippen LogP contribution in [0.2, 0.25) is 0 Å². The Labute approximate surface area is 84.1 Å². The summed E-state index contributed by atoms with van der Waals surface area (Å²) >= 11 is 3.96. The highest BCUT2D eigenvalue weighted by molar-refractivity contribution is 8.20. The Bertz CT molecular complexity index is 169. The molecule has 0 radical (unpaired) electrons. The van der Waals surface area contributed by atoms with Crippen molar-refractivity contribution in [3.63, 3.8) is 0 Å². The molecule has 1 aliphatic heterocycles. The number of carboxylic acids is 2. The normalized spacial score (nSPS) is 16.1. The molecule has 7 heteroatoms. The van der Waals surface area contributed by atoms with Gasteiger partial charge in [0.15, 0.2) is 0 Å². The van der Waals surface area contributed by atoms with E-state index in [2.05, 4.69) is 0 Å². The van der Waals surface area contributed by atoms with Gasteiger partial charge in [-0.05, 0) is 0 Å². The molecule has 1 heterocycles. The van der Waals surface area contributed by atoms with Gasteiger partial charge in [0.2, 0.25) is 0 Å². The minimum absolute atomic E-state index is 0.708. The minimum Gasteiger partial charge on any atom is -0.473 e. The van der Waals surface area contributed by atoms with Gasteiger partial charge >= 0.3 is 11.9 Å². The van der Waals surface area contributed by atoms with Gasteiger partial charge in [-0.15, -0.1) is 23.5 Å². The summed E-state index contributed by atoms with van der Waals surface area (Å²) in [6.45, 7) is 0.843. The summed E-state index contributed by atoms with van der Waals surface area (Å²) in [4.78, 5) is 18.2. The second-order valence-corrected chi connectivity index (χ2v) is 4.94. The Morgan fingerprint density at radius 1 is 1.23 bits per heavy atom. The maximum atomic E-state index is 9.10. The van der Waals surface area contributed by atoms with Gasteiger partial charge in [0.1, 0.15) is 0 Å². The number of rotatable bonds is 1. The Hall–Kier alpha value is -0.400. The average molecular weight is 225 g/mol. The summed E-state index contributed by atoms with van der Waals surface area (Å²) < 4.78 is 0.708. The maximum Gasteiger partial charge on any atom is 0.414 e. The van der Waals surface area contributed by atoms with Crippen LogP contribution in [-0.2, 0) is 9.59 Å². The number of carbonyl (C=O) groups is 2. The second-order valence-electron chi connectivity index (χ2n) is 2.02. The first kappa shape index (κ1) is 12.6. The quantitative estimate of drug-likeness (QED) is 0.536. The van der Waals surface area contributed by atoms with Gasteiger partial charge in [-0.1, -0.05) is 0 Å². The van der Waals surface area contributed by atoms with Crippen LogP contribution in [-0.4, -0.2) is 44.8 Å². The summed E-state index contributed by atoms with van der Waals surface area (Å²) in [6.07, 6.45) is 0. The van der Waals surface area contributed by atoms with Crippen molar-refractivity contribution in [1.82, 2.24) is 0 Å². The molecule has 1 saturated heterocycles. The summed E-state index contributed by atoms with van der Waals surface area (Å²) in [5.41, 5.74) is 5.39. The van der Waals surface area contributed by atoms with E-state index < -0.39 is 11.9 Å². The minimum atomic E-state index is -1.82. The van der Waals surface area contributed by atoms with Crippen LogP contribution in [0.3, 0.4) is 0 Å². The summed E-state index contributed by atoms with van der Waals surface area (Å²) in [7, 11) is 0. The highest BCUT2D eigenvalue weighted by atomic mass is 32.2. The van der Waals surface area contributed by atoms with Crippen molar-refractivity contribution >= 4 is 35.5 Å². The molecule has 13 heavy (non-hydrogen) atoms. The van der Waals surface area contributed by atoms with E-state index in [1.54, 1.807) is 0 Å². The number of carboxylic acid groups (broad SMARTS) is 2. The molecule has 0 saturated carbocycles. The molecule has 0 aliphatic carbocycles. The molecule has 0 aromatic rings. The molecule has 0 aromatic heterocycles. The standard InChI is InChI=1S/C4H9NS2.C2H2O4/c5-3-4-6-1-2-7-4;3-1(4)2(5)6/h4H,1-3,5H2;(H,3,4)(H,5,6). The first-order valence-corrected chi connectivity index (χ1v) is 5.57. The van der Waals surface area contributed by atoms with Crippen molar-refractivity contribution in [2.45, 2.75) is 4.58 Å². The summed E-state index contributed by atoms with van der Waals surface area (Å²) in [5.74, 6) is -1.05. The van der Waals surface area contributed by atoms with Crippen LogP contribution in [0.4, 0.5) is 0 Å². The Kier molecular flexibility index (Phi) is 6.83. The zero-order valence-electron chi connectivity index (χ0n) is 6.80. The average Bonchev–Trinajstić information content (AvgIpc) is 2.56. The molecule has 0 unspecified atom stereocenters. The topological polar surface area (TPSA) is 101 Å². The predicted molar refractivity (Wildman–Crippen MR) is 53.0 cm³/mol. The van der Waals surface area contributed by atoms with Crippen LogP contribution >= 0.6 is 23.5 Å². The van der Waals surface area contributed by atoms with Crippen molar-refractivity contribution in [1.29, 1.82) is 0 Å². The fourth-order valence-corrected chi connectivity index (χ4v) is 3.07. The predicted octanol–water partition coefficient (Wildman–Crippen LogP) is -0.0932. The molecule has 76 valence electrons. The van der Waals surface area contributed by atoms with Crippen molar-refractivity contribution in [3.05, 3.63) is 0 Å². The Morgan fingerprint density at radius 3 is 1.77 bits per heavy atom. The van der Waals surface area contributed by atoms with Crippen molar-refractivity contribution in [2.24, 2.45) is 5.73 Å². The summed E-state index contributed by atoms with van der Waals surface area (Å²) in [5, 5.41) is 14.8. The van der Waals surface area contributed by atoms with Gasteiger partial charge in [-0.2, -0.15) is 0 Å². The van der Waals surface area contributed by atoms with E-state index in [-0.39, 0.29) is 0 Å². The highest BCUT2D eigenvalue weighted by Gasteiger charge is 2.12. The fraction of sp³-hybridized carbons (Fsp3) is 0.667. The molecule has 0 bridgehead atoms. The molecular formula is C6H11NO4S2. The molecule has 4 N–H and O–H groups in total. The van der Waals surface area contributed by atoms with Gasteiger partial charge in [0, 0.05) is 18.1 Å². The van der Waals surface area contributed by atoms with Crippen molar-refractivity contribution < 1.29 is 19.8 Å². The van der Waals surface area contributed by atoms with Crippen molar-refractivity contribution in [3.8, 4) is 0 Å². The maximum absolute atomic E-state index is 9.10. The number of nitrogens with two attached hydrogens (primary N) is 1. The van der Waals surface area contributed by atoms with Crippen LogP contribution in [0, 0.1) is 0 Å². The van der Waals surface area contributed by atoms with E-state index in [1.165, 1.54) is 11.5 Å². The molecule has 5 nitrogen and oxygen atoms in total. The van der Waals surface area contributed by atoms with Gasteiger partial charge in [0.05, 0.1) is 4.58 Å². The molecule has 1 aliphatic rings. The van der Waals surface area contributed by atoms with E-state index in [9.17, 15) is 0 Å². The number of hydrogen-bond acceptors (Lipinski definition) is 5. The zero-order chi connectivity index (χ0) is 10.3. The third kappa shape index (κ3) is 6.73. The zero-order valence-corrected chi connectivity index (χ0v) is 8.44. The smallest absolute Gasteiger partial charge is 0.414 e. The number of aliphatic carboxylic acids is 2. The molecular weight excluding hydrogens is 214 g/mol. The van der Waals surface area contributed by atoms with Crippen molar-refractivity contribution in [2.75, 3.05) is 18.1 Å². The Balaban J connectivity index is 0.000000226. The monoisotopic (exact) mass is 225 g/mol. The third-order valence-corrected chi connectivity index (χ3v) is 4.15. The van der Waals surface area contributed by atoms with Crippen LogP contribution < -0.4 is 5.73 Å². The lowest BCUT2D eigenvalue weighted by Gasteiger charge is -1.98. The SMILES string of the molecule is NCC1SCCS1.O=C(O)C(=O)O. The van der Waals surface area contributed by atoms with Crippen LogP contribution in [0.25, 0.3) is 0 Å². The van der Waals surface area contributed by atoms with Crippen LogP contribution in [0.15, 0.2) is 0 Å². The van der Waals surface area contributed by atoms with E-state index in [0.29, 0.717) is 4.58 Å². The van der Waals surface area contributed by atoms with Crippen LogP contribution in [0.5, 0.6) is 0 Å². The lowest BCUT2D eigenvalue weighted by molar-refractivity contribution is -0.159. The third-order valence-electron chi connectivity index (χ3n) is 1.07. The lowest BCUT2D eigenvalue weighted by atomic mass is 10.7. The van der Waals surface area contributed by atoms with E-state index in [1.807, 2.05) is 23.5 Å². The summed E-state index contributed by atoms with van der Waals surface area (Å²) in [6, 6.07) is 0. The second kappa shape index (κ2) is 7.05. The molecule has 0 spiro atoms. The van der Waals surface area contributed by atoms with E-state index in [0.717, 1.165) is 6.54 Å². The first-order valence-electron chi connectivity index (χ1n) is 3.47. The largest absolute Gasteiger partial charge is 0.473 e. The molecule has 0 atom stereocenters. The molecule has 0 amide bonds. The van der Waals surface area contributed by atoms with Gasteiger partial charge in [-0.3, -0.25) is 0 Å². The van der Waals surface area contributed by atoms with E-state index in [4.69, 9.17) is 25.5 Å². The van der Waals surface area contributed by atoms with E-state index >= 15 is 0 Å². The van der Waals surface area contributed by atoms with Gasteiger partial charge < -0.3 is 15.9 Å². The Morgan fingerprint density at radius 2 is 1.62 bits per heavy atom. The van der Waals surface area contributed by atoms with Crippen LogP contribution in [0.1, 0.15) is 0 Å². The molecule has 0 aromatic carbocycles. The van der Waals surface area contributed by atoms with Gasteiger partial charge in [-0.25, -0.2) is 9.59 Å². The first-order chi connectivity index (χ1) is 6.07. The lowest BCUT2D eigenvalue weighted by Crippen LogP contribution is -2.09. The number of thioether (sulfide) groups is 2. The number of hydrogen-bond donors (Lipinski definition) is 3. The molecule has 1 fully saturated rings. The molecule has 1 rings (SSSR count). The fourth-order valence-electron chi connectivity index (χ4n) is 0.543.